The Morgan fingerprint density at radius 2 is 2.10 bits per heavy atom. The van der Waals surface area contributed by atoms with Gasteiger partial charge < -0.3 is 10.5 Å². The number of hydrogen-bond acceptors (Lipinski definition) is 4. The lowest BCUT2D eigenvalue weighted by Crippen LogP contribution is -2.11. The number of nitrogen functional groups attached to an aromatic ring is 1. The summed E-state index contributed by atoms with van der Waals surface area (Å²) in [5.74, 6) is 1.54. The van der Waals surface area contributed by atoms with Gasteiger partial charge in [-0.25, -0.2) is 4.98 Å². The van der Waals surface area contributed by atoms with Gasteiger partial charge in [0.2, 0.25) is 0 Å². The van der Waals surface area contributed by atoms with Crippen LogP contribution in [0.15, 0.2) is 24.3 Å². The maximum atomic E-state index is 7.66. The summed E-state index contributed by atoms with van der Waals surface area (Å²) in [4.78, 5) is 5.51. The Balaban J connectivity index is 1.61. The first-order valence-electron chi connectivity index (χ1n) is 7.17. The number of nitrogens with two attached hydrogens (primary N) is 1. The van der Waals surface area contributed by atoms with Gasteiger partial charge in [0.25, 0.3) is 0 Å². The summed E-state index contributed by atoms with van der Waals surface area (Å²) in [6.07, 6.45) is 3.10. The van der Waals surface area contributed by atoms with Gasteiger partial charge in [-0.1, -0.05) is 17.7 Å². The summed E-state index contributed by atoms with van der Waals surface area (Å²) >= 11 is 1.53. The van der Waals surface area contributed by atoms with E-state index in [1.165, 1.54) is 29.7 Å². The molecule has 0 saturated heterocycles. The molecular weight excluding hydrogens is 282 g/mol. The summed E-state index contributed by atoms with van der Waals surface area (Å²) in [6.45, 7) is 2.65. The number of amidine groups is 1. The smallest absolute Gasteiger partial charge is 0.135 e. The highest BCUT2D eigenvalue weighted by Crippen LogP contribution is 2.42. The zero-order chi connectivity index (χ0) is 14.8. The predicted molar refractivity (Wildman–Crippen MR) is 85.5 cm³/mol. The van der Waals surface area contributed by atoms with Gasteiger partial charge in [-0.2, -0.15) is 0 Å². The molecule has 1 heterocycles. The summed E-state index contributed by atoms with van der Waals surface area (Å²) in [7, 11) is 0. The van der Waals surface area contributed by atoms with Crippen molar-refractivity contribution in [2.45, 2.75) is 32.1 Å². The van der Waals surface area contributed by atoms with Crippen molar-refractivity contribution in [1.29, 1.82) is 5.41 Å². The van der Waals surface area contributed by atoms with Crippen molar-refractivity contribution in [2.24, 2.45) is 5.73 Å². The molecule has 0 atom stereocenters. The molecule has 0 amide bonds. The number of benzene rings is 1. The molecule has 4 nitrogen and oxygen atoms in total. The van der Waals surface area contributed by atoms with Gasteiger partial charge in [-0.3, -0.25) is 5.41 Å². The van der Waals surface area contributed by atoms with E-state index in [0.717, 1.165) is 27.7 Å². The third-order valence-corrected chi connectivity index (χ3v) is 4.68. The highest BCUT2D eigenvalue weighted by atomic mass is 32.1. The van der Waals surface area contributed by atoms with E-state index >= 15 is 0 Å². The average Bonchev–Trinajstić information content (AvgIpc) is 3.21. The predicted octanol–water partition coefficient (Wildman–Crippen LogP) is 3.23. The van der Waals surface area contributed by atoms with Gasteiger partial charge >= 0.3 is 0 Å². The molecule has 3 N–H and O–H groups in total. The van der Waals surface area contributed by atoms with Gasteiger partial charge in [0.05, 0.1) is 22.2 Å². The van der Waals surface area contributed by atoms with Crippen LogP contribution in [0, 0.1) is 12.3 Å². The first-order chi connectivity index (χ1) is 10.1. The van der Waals surface area contributed by atoms with Crippen molar-refractivity contribution in [3.63, 3.8) is 0 Å². The Hall–Kier alpha value is -1.88. The molecule has 0 unspecified atom stereocenters. The second-order valence-corrected chi connectivity index (χ2v) is 6.51. The number of aromatic nitrogens is 1. The number of nitrogens with one attached hydrogen (secondary N) is 1. The molecule has 1 aliphatic carbocycles. The van der Waals surface area contributed by atoms with Gasteiger partial charge in [0.1, 0.15) is 11.6 Å². The summed E-state index contributed by atoms with van der Waals surface area (Å²) < 4.78 is 5.73. The van der Waals surface area contributed by atoms with Crippen LogP contribution in [-0.4, -0.2) is 17.4 Å². The Morgan fingerprint density at radius 1 is 1.38 bits per heavy atom. The SMILES string of the molecule is Cc1ccc(OCCc2nc(C3CC3)c(C(=N)N)s2)cc1. The monoisotopic (exact) mass is 301 g/mol. The van der Waals surface area contributed by atoms with Crippen LogP contribution in [0.1, 0.15) is 39.9 Å². The van der Waals surface area contributed by atoms with Crippen LogP contribution in [0.4, 0.5) is 0 Å². The number of aryl methyl sites for hydroxylation is 1. The van der Waals surface area contributed by atoms with Crippen LogP contribution < -0.4 is 10.5 Å². The van der Waals surface area contributed by atoms with Crippen LogP contribution in [0.3, 0.4) is 0 Å². The lowest BCUT2D eigenvalue weighted by Gasteiger charge is -2.04. The van der Waals surface area contributed by atoms with E-state index in [4.69, 9.17) is 15.9 Å². The summed E-state index contributed by atoms with van der Waals surface area (Å²) in [5, 5.41) is 8.67. The Kier molecular flexibility index (Phi) is 3.92. The van der Waals surface area contributed by atoms with Crippen LogP contribution in [-0.2, 0) is 6.42 Å². The van der Waals surface area contributed by atoms with Gasteiger partial charge in [0, 0.05) is 12.3 Å². The molecule has 1 saturated carbocycles. The molecule has 5 heteroatoms. The normalized spacial score (nSPS) is 14.1. The third-order valence-electron chi connectivity index (χ3n) is 3.51. The minimum Gasteiger partial charge on any atom is -0.493 e. The zero-order valence-corrected chi connectivity index (χ0v) is 12.9. The maximum absolute atomic E-state index is 7.66. The highest BCUT2D eigenvalue weighted by molar-refractivity contribution is 7.13. The molecule has 1 aromatic heterocycles. The summed E-state index contributed by atoms with van der Waals surface area (Å²) in [5.41, 5.74) is 7.90. The molecule has 110 valence electrons. The number of ether oxygens (including phenoxy) is 1. The lowest BCUT2D eigenvalue weighted by atomic mass is 10.2. The van der Waals surface area contributed by atoms with Crippen molar-refractivity contribution in [3.05, 3.63) is 45.4 Å². The average molecular weight is 301 g/mol. The third kappa shape index (κ3) is 3.42. The van der Waals surface area contributed by atoms with Crippen LogP contribution in [0.25, 0.3) is 0 Å². The Morgan fingerprint density at radius 3 is 2.71 bits per heavy atom. The Bertz CT molecular complexity index is 644. The maximum Gasteiger partial charge on any atom is 0.135 e. The van der Waals surface area contributed by atoms with E-state index in [-0.39, 0.29) is 5.84 Å². The van der Waals surface area contributed by atoms with Crippen LogP contribution >= 0.6 is 11.3 Å². The van der Waals surface area contributed by atoms with E-state index in [9.17, 15) is 0 Å². The molecule has 2 aromatic rings. The zero-order valence-electron chi connectivity index (χ0n) is 12.1. The fourth-order valence-electron chi connectivity index (χ4n) is 2.20. The molecule has 0 aliphatic heterocycles. The topological polar surface area (TPSA) is 72.0 Å². The standard InChI is InChI=1S/C16H19N3OS/c1-10-2-6-12(7-3-10)20-9-8-13-19-14(11-4-5-11)15(21-13)16(17)18/h2-3,6-7,11H,4-5,8-9H2,1H3,(H3,17,18). The minimum absolute atomic E-state index is 0.139. The fourth-order valence-corrected chi connectivity index (χ4v) is 3.19. The summed E-state index contributed by atoms with van der Waals surface area (Å²) in [6, 6.07) is 8.04. The second kappa shape index (κ2) is 5.85. The largest absolute Gasteiger partial charge is 0.493 e. The first-order valence-corrected chi connectivity index (χ1v) is 7.98. The van der Waals surface area contributed by atoms with E-state index in [2.05, 4.69) is 11.9 Å². The molecule has 1 fully saturated rings. The van der Waals surface area contributed by atoms with Crippen molar-refractivity contribution in [2.75, 3.05) is 6.61 Å². The van der Waals surface area contributed by atoms with E-state index in [1.54, 1.807) is 0 Å². The molecule has 0 radical (unpaired) electrons. The van der Waals surface area contributed by atoms with Crippen molar-refractivity contribution in [1.82, 2.24) is 4.98 Å². The fraction of sp³-hybridized carbons (Fsp3) is 0.375. The van der Waals surface area contributed by atoms with Crippen LogP contribution in [0.5, 0.6) is 5.75 Å². The highest BCUT2D eigenvalue weighted by Gasteiger charge is 2.30. The number of nitrogens with zero attached hydrogens (tertiary/aromatic N) is 1. The quantitative estimate of drug-likeness (QED) is 0.635. The number of hydrogen-bond donors (Lipinski definition) is 2. The minimum atomic E-state index is 0.139. The van der Waals surface area contributed by atoms with Crippen molar-refractivity contribution in [3.8, 4) is 5.75 Å². The molecule has 1 aliphatic rings. The first kappa shape index (κ1) is 14.1. The lowest BCUT2D eigenvalue weighted by molar-refractivity contribution is 0.321. The molecule has 3 rings (SSSR count). The molecule has 0 bridgehead atoms. The van der Waals surface area contributed by atoms with E-state index in [0.29, 0.717) is 12.5 Å². The van der Waals surface area contributed by atoms with Gasteiger partial charge in [-0.15, -0.1) is 11.3 Å². The van der Waals surface area contributed by atoms with Crippen molar-refractivity contribution >= 4 is 17.2 Å². The van der Waals surface area contributed by atoms with Gasteiger partial charge in [0.15, 0.2) is 0 Å². The number of rotatable bonds is 6. The van der Waals surface area contributed by atoms with Crippen molar-refractivity contribution < 1.29 is 4.74 Å². The van der Waals surface area contributed by atoms with E-state index in [1.807, 2.05) is 24.3 Å². The molecule has 21 heavy (non-hydrogen) atoms. The molecule has 1 aromatic carbocycles. The molecule has 0 spiro atoms. The van der Waals surface area contributed by atoms with E-state index < -0.39 is 0 Å². The number of thiazole rings is 1. The van der Waals surface area contributed by atoms with Crippen LogP contribution in [0.2, 0.25) is 0 Å². The molecular formula is C16H19N3OS. The second-order valence-electron chi connectivity index (χ2n) is 5.42. The van der Waals surface area contributed by atoms with Gasteiger partial charge in [-0.05, 0) is 31.9 Å². The Labute approximate surface area is 128 Å².